The van der Waals surface area contributed by atoms with Crippen LogP contribution in [0.15, 0.2) is 12.0 Å². The van der Waals surface area contributed by atoms with Crippen LogP contribution in [0.5, 0.6) is 0 Å². The second-order valence-corrected chi connectivity index (χ2v) is 3.64. The average molecular weight is 225 g/mol. The number of hydrogen-bond acceptors (Lipinski definition) is 3. The topological polar surface area (TPSA) is 50.9 Å². The summed E-state index contributed by atoms with van der Waals surface area (Å²) in [6.45, 7) is 11.1. The highest BCUT2D eigenvalue weighted by molar-refractivity contribution is 5.89. The zero-order valence-corrected chi connectivity index (χ0v) is 9.90. The second-order valence-electron chi connectivity index (χ2n) is 3.64. The summed E-state index contributed by atoms with van der Waals surface area (Å²) in [5.41, 5.74) is -0.370. The Morgan fingerprint density at radius 1 is 1.56 bits per heavy atom. The molecule has 1 atom stereocenters. The first-order valence-electron chi connectivity index (χ1n) is 5.58. The smallest absolute Gasteiger partial charge is 0.339 e. The van der Waals surface area contributed by atoms with Crippen molar-refractivity contribution in [3.8, 4) is 0 Å². The van der Waals surface area contributed by atoms with Gasteiger partial charge in [0.15, 0.2) is 0 Å². The number of esters is 1. The van der Waals surface area contributed by atoms with Crippen molar-refractivity contribution in [1.82, 2.24) is 0 Å². The van der Waals surface area contributed by atoms with E-state index >= 15 is 0 Å². The quantitative estimate of drug-likeness (QED) is 0.313. The predicted molar refractivity (Wildman–Crippen MR) is 61.6 cm³/mol. The Labute approximate surface area is 96.7 Å². The molecule has 0 aromatic heterocycles. The van der Waals surface area contributed by atoms with Gasteiger partial charge in [-0.15, -0.1) is 0 Å². The number of carbonyl (C=O) groups excluding carboxylic acids is 1. The Morgan fingerprint density at radius 2 is 2.25 bits per heavy atom. The summed E-state index contributed by atoms with van der Waals surface area (Å²) in [5.74, 6) is -0.401. The number of unbranched alkanes of at least 4 members (excludes halogenated alkanes) is 1. The molecule has 0 saturated carbocycles. The van der Waals surface area contributed by atoms with Crippen molar-refractivity contribution >= 4 is 5.97 Å². The van der Waals surface area contributed by atoms with Gasteiger partial charge in [0.05, 0.1) is 19.4 Å². The number of rotatable bonds is 7. The highest BCUT2D eigenvalue weighted by Gasteiger charge is 2.14. The van der Waals surface area contributed by atoms with Gasteiger partial charge in [-0.25, -0.2) is 4.85 Å². The molecule has 0 saturated heterocycles. The number of hydrogen-bond donors (Lipinski definition) is 1. The summed E-state index contributed by atoms with van der Waals surface area (Å²) in [7, 11) is 0. The third-order valence-corrected chi connectivity index (χ3v) is 2.45. The van der Waals surface area contributed by atoms with Gasteiger partial charge in [-0.3, -0.25) is 4.79 Å². The number of aliphatic hydroxyl groups excluding tert-OH is 1. The first kappa shape index (κ1) is 14.5. The minimum absolute atomic E-state index is 0.322. The van der Waals surface area contributed by atoms with Gasteiger partial charge in [0.2, 0.25) is 0 Å². The molecule has 1 unspecified atom stereocenters. The maximum atomic E-state index is 11.2. The van der Waals surface area contributed by atoms with Crippen molar-refractivity contribution in [3.05, 3.63) is 23.4 Å². The highest BCUT2D eigenvalue weighted by atomic mass is 16.5. The van der Waals surface area contributed by atoms with E-state index in [1.165, 1.54) is 0 Å². The second kappa shape index (κ2) is 8.78. The zero-order chi connectivity index (χ0) is 12.4. The summed E-state index contributed by atoms with van der Waals surface area (Å²) in [6, 6.07) is 0. The van der Waals surface area contributed by atoms with Crippen LogP contribution in [0.3, 0.4) is 0 Å². The Balaban J connectivity index is 4.02. The fraction of sp³-hybridized carbons (Fsp3) is 0.667. The number of carbonyl (C=O) groups is 1. The molecule has 0 rings (SSSR count). The SMILES string of the molecule is [C-]#[N+]C(=CO)C(=O)OCC(CC)CCCC. The Hall–Kier alpha value is -1.50. The average Bonchev–Trinajstić information content (AvgIpc) is 2.31. The first-order valence-corrected chi connectivity index (χ1v) is 5.58. The molecular formula is C12H19NO3. The third-order valence-electron chi connectivity index (χ3n) is 2.45. The number of nitrogens with zero attached hydrogens (tertiary/aromatic N) is 1. The maximum absolute atomic E-state index is 11.2. The molecule has 90 valence electrons. The maximum Gasteiger partial charge on any atom is 0.339 e. The van der Waals surface area contributed by atoms with E-state index in [0.29, 0.717) is 18.8 Å². The molecule has 0 aromatic rings. The Bertz CT molecular complexity index is 278. The normalized spacial score (nSPS) is 12.9. The van der Waals surface area contributed by atoms with Gasteiger partial charge in [-0.05, 0) is 12.3 Å². The highest BCUT2D eigenvalue weighted by Crippen LogP contribution is 2.13. The molecule has 0 aliphatic carbocycles. The van der Waals surface area contributed by atoms with Crippen molar-refractivity contribution < 1.29 is 14.6 Å². The van der Waals surface area contributed by atoms with Crippen molar-refractivity contribution in [2.45, 2.75) is 39.5 Å². The monoisotopic (exact) mass is 225 g/mol. The van der Waals surface area contributed by atoms with E-state index in [1.54, 1.807) is 0 Å². The van der Waals surface area contributed by atoms with Gasteiger partial charge < -0.3 is 9.84 Å². The molecule has 0 fully saturated rings. The zero-order valence-electron chi connectivity index (χ0n) is 9.90. The minimum atomic E-state index is -0.743. The summed E-state index contributed by atoms with van der Waals surface area (Å²) in [4.78, 5) is 14.1. The summed E-state index contributed by atoms with van der Waals surface area (Å²) in [5, 5.41) is 8.58. The van der Waals surface area contributed by atoms with Crippen LogP contribution in [0, 0.1) is 12.5 Å². The van der Waals surface area contributed by atoms with Crippen LogP contribution < -0.4 is 0 Å². The fourth-order valence-corrected chi connectivity index (χ4v) is 1.29. The molecule has 1 N–H and O–H groups in total. The van der Waals surface area contributed by atoms with Gasteiger partial charge in [-0.2, -0.15) is 0 Å². The van der Waals surface area contributed by atoms with Crippen molar-refractivity contribution in [1.29, 1.82) is 0 Å². The molecule has 16 heavy (non-hydrogen) atoms. The van der Waals surface area contributed by atoms with Gasteiger partial charge in [0, 0.05) is 0 Å². The van der Waals surface area contributed by atoms with Gasteiger partial charge in [0.25, 0.3) is 0 Å². The van der Waals surface area contributed by atoms with Gasteiger partial charge in [-0.1, -0.05) is 33.1 Å². The van der Waals surface area contributed by atoms with Crippen LogP contribution in [0.2, 0.25) is 0 Å². The fourth-order valence-electron chi connectivity index (χ4n) is 1.29. The number of ether oxygens (including phenoxy) is 1. The summed E-state index contributed by atoms with van der Waals surface area (Å²) < 4.78 is 4.96. The number of aliphatic hydroxyl groups is 1. The minimum Gasteiger partial charge on any atom is -0.526 e. The molecule has 4 heteroatoms. The van der Waals surface area contributed by atoms with E-state index in [-0.39, 0.29) is 5.70 Å². The van der Waals surface area contributed by atoms with Crippen molar-refractivity contribution in [3.63, 3.8) is 0 Å². The van der Waals surface area contributed by atoms with E-state index in [9.17, 15) is 4.79 Å². The van der Waals surface area contributed by atoms with Gasteiger partial charge in [0.1, 0.15) is 0 Å². The van der Waals surface area contributed by atoms with Crippen molar-refractivity contribution in [2.24, 2.45) is 5.92 Å². The van der Waals surface area contributed by atoms with Gasteiger partial charge >= 0.3 is 11.7 Å². The van der Waals surface area contributed by atoms with Crippen LogP contribution in [-0.2, 0) is 9.53 Å². The van der Waals surface area contributed by atoms with Crippen LogP contribution in [0.1, 0.15) is 39.5 Å². The predicted octanol–water partition coefficient (Wildman–Crippen LogP) is 3.06. The first-order chi connectivity index (χ1) is 7.69. The molecule has 0 aromatic carbocycles. The summed E-state index contributed by atoms with van der Waals surface area (Å²) in [6.07, 6.45) is 4.69. The summed E-state index contributed by atoms with van der Waals surface area (Å²) >= 11 is 0. The van der Waals surface area contributed by atoms with E-state index in [2.05, 4.69) is 11.8 Å². The Kier molecular flexibility index (Phi) is 7.96. The largest absolute Gasteiger partial charge is 0.526 e. The third kappa shape index (κ3) is 5.40. The van der Waals surface area contributed by atoms with Crippen molar-refractivity contribution in [2.75, 3.05) is 6.61 Å². The van der Waals surface area contributed by atoms with E-state index < -0.39 is 5.97 Å². The molecule has 0 aliphatic rings. The molecule has 0 bridgehead atoms. The van der Waals surface area contributed by atoms with Crippen LogP contribution in [-0.4, -0.2) is 17.7 Å². The van der Waals surface area contributed by atoms with E-state index in [0.717, 1.165) is 25.7 Å². The lowest BCUT2D eigenvalue weighted by molar-refractivity contribution is -0.140. The van der Waals surface area contributed by atoms with Crippen LogP contribution >= 0.6 is 0 Å². The Morgan fingerprint density at radius 3 is 2.69 bits per heavy atom. The lowest BCUT2D eigenvalue weighted by atomic mass is 10.0. The van der Waals surface area contributed by atoms with E-state index in [4.69, 9.17) is 16.4 Å². The lowest BCUT2D eigenvalue weighted by Crippen LogP contribution is -2.14. The molecule has 0 aliphatic heterocycles. The standard InChI is InChI=1S/C12H19NO3/c1-4-6-7-10(5-2)9-16-12(15)11(8-14)13-3/h8,10,14H,4-7,9H2,1-2H3. The van der Waals surface area contributed by atoms with Crippen LogP contribution in [0.4, 0.5) is 0 Å². The van der Waals surface area contributed by atoms with E-state index in [1.807, 2.05) is 6.92 Å². The molecule has 0 heterocycles. The molecule has 0 spiro atoms. The molecule has 0 radical (unpaired) electrons. The van der Waals surface area contributed by atoms with Crippen LogP contribution in [0.25, 0.3) is 4.85 Å². The molecule has 4 nitrogen and oxygen atoms in total. The molecule has 0 amide bonds. The lowest BCUT2D eigenvalue weighted by Gasteiger charge is -2.14. The molecular weight excluding hydrogens is 206 g/mol.